The van der Waals surface area contributed by atoms with Crippen molar-refractivity contribution in [3.63, 3.8) is 0 Å². The summed E-state index contributed by atoms with van der Waals surface area (Å²) < 4.78 is 12.5. The second-order valence-electron chi connectivity index (χ2n) is 25.8. The fourth-order valence-corrected chi connectivity index (χ4v) is 33.4. The average Bonchev–Trinajstić information content (AvgIpc) is 3.67. The van der Waals surface area contributed by atoms with Gasteiger partial charge < -0.3 is 0 Å². The summed E-state index contributed by atoms with van der Waals surface area (Å²) in [5.74, 6) is 3.17. The molecule has 4 fully saturated rings. The standard InChI is InChI=1S/C21H25.C18H25.2C10H13.CH2.2ClH.Zr/c1-20(2,3)16-7-9-18-14(12-16)11-15-13-17(21(4,5)6)8-10-19(15)18;1-12-3-13(2)17(4-12)11-18-8-14-5-15(9-18)7-16(6-14)10-18;2*1-10(2,3)9-7-5-4-6-8-9;;;;/h7-10,12H,11H2,1-6H3;4,12,14-16H,5-11H2,1-2H3;2*5-8H,1-3H3;1H2;2*1H;. The van der Waals surface area contributed by atoms with Gasteiger partial charge in [0.25, 0.3) is 0 Å². The van der Waals surface area contributed by atoms with Gasteiger partial charge in [-0.05, 0) is 0 Å². The van der Waals surface area contributed by atoms with Crippen molar-refractivity contribution < 1.29 is 18.3 Å². The third kappa shape index (κ3) is 7.79. The van der Waals surface area contributed by atoms with Gasteiger partial charge in [-0.3, -0.25) is 0 Å². The zero-order valence-electron chi connectivity index (χ0n) is 41.6. The molecule has 10 rings (SSSR count). The summed E-state index contributed by atoms with van der Waals surface area (Å²) >= 11 is -5.32. The minimum absolute atomic E-state index is 0. The number of rotatable bonds is 6. The van der Waals surface area contributed by atoms with Crippen LogP contribution in [-0.4, -0.2) is 4.21 Å². The second kappa shape index (κ2) is 15.9. The fraction of sp³-hybridized carbons (Fsp3) is 0.517. The SMILES string of the molecule is Cl.Cl.[CH2]=[Zr]([C]1=C(C)C(CC23CC4CC(CC(C4)C2)C3)=CC1C)([c]1ccc(C(C)(C)C)cc1)([c]1ccc(C(C)(C)C)cc1)[c]1c(C(C)(C)C)ccc2c1Cc1cc(C(C)(C)C)ccc1-2. The van der Waals surface area contributed by atoms with Gasteiger partial charge in [0, 0.05) is 0 Å². The van der Waals surface area contributed by atoms with Crippen LogP contribution >= 0.6 is 24.8 Å². The molecule has 1 atom stereocenters. The third-order valence-corrected chi connectivity index (χ3v) is 34.2. The summed E-state index contributed by atoms with van der Waals surface area (Å²) in [4.78, 5) is 0. The summed E-state index contributed by atoms with van der Waals surface area (Å²) in [6.45, 7) is 33.8. The zero-order chi connectivity index (χ0) is 43.9. The van der Waals surface area contributed by atoms with Crippen LogP contribution in [0.1, 0.15) is 175 Å². The van der Waals surface area contributed by atoms with Crippen LogP contribution in [-0.2, 0) is 46.4 Å². The van der Waals surface area contributed by atoms with Gasteiger partial charge in [-0.2, -0.15) is 0 Å². The number of hydrogen-bond acceptors (Lipinski definition) is 0. The summed E-state index contributed by atoms with van der Waals surface area (Å²) in [5.41, 5.74) is 15.4. The van der Waals surface area contributed by atoms with Crippen LogP contribution in [0.4, 0.5) is 0 Å². The molecule has 4 aromatic carbocycles. The van der Waals surface area contributed by atoms with Crippen LogP contribution in [0.5, 0.6) is 0 Å². The van der Waals surface area contributed by atoms with Crippen molar-refractivity contribution >= 4 is 38.8 Å². The molecule has 1 unspecified atom stereocenters. The van der Waals surface area contributed by atoms with Gasteiger partial charge in [0.2, 0.25) is 0 Å². The van der Waals surface area contributed by atoms with Crippen molar-refractivity contribution in [2.24, 2.45) is 29.1 Å². The van der Waals surface area contributed by atoms with Gasteiger partial charge >= 0.3 is 375 Å². The Bertz CT molecular complexity index is 2450. The van der Waals surface area contributed by atoms with Gasteiger partial charge in [0.15, 0.2) is 0 Å². The topological polar surface area (TPSA) is 0 Å². The van der Waals surface area contributed by atoms with E-state index in [-0.39, 0.29) is 46.5 Å². The van der Waals surface area contributed by atoms with Crippen molar-refractivity contribution in [3.8, 4) is 11.1 Å². The molecular formula is C60H80Cl2Zr. The Kier molecular flexibility index (Phi) is 12.3. The first kappa shape index (κ1) is 48.6. The molecule has 338 valence electrons. The first-order valence-corrected chi connectivity index (χ1v) is 30.9. The normalized spacial score (nSPS) is 24.5. The van der Waals surface area contributed by atoms with Crippen LogP contribution < -0.4 is 9.81 Å². The molecule has 3 heteroatoms. The summed E-state index contributed by atoms with van der Waals surface area (Å²) in [7, 11) is 0. The average molecular weight is 963 g/mol. The van der Waals surface area contributed by atoms with E-state index in [2.05, 4.69) is 182 Å². The Morgan fingerprint density at radius 1 is 0.587 bits per heavy atom. The predicted molar refractivity (Wildman–Crippen MR) is 278 cm³/mol. The van der Waals surface area contributed by atoms with E-state index in [9.17, 15) is 0 Å². The molecule has 6 aliphatic carbocycles. The van der Waals surface area contributed by atoms with E-state index >= 15 is 0 Å². The quantitative estimate of drug-likeness (QED) is 0.159. The van der Waals surface area contributed by atoms with Crippen LogP contribution in [0, 0.1) is 29.1 Å². The fourth-order valence-electron chi connectivity index (χ4n) is 14.6. The first-order chi connectivity index (χ1) is 28.3. The predicted octanol–water partition coefficient (Wildman–Crippen LogP) is 15.1. The van der Waals surface area contributed by atoms with Crippen molar-refractivity contribution in [1.82, 2.24) is 0 Å². The number of fused-ring (bicyclic) bond motifs is 3. The molecule has 0 radical (unpaired) electrons. The first-order valence-electron chi connectivity index (χ1n) is 24.3. The number of benzene rings is 4. The molecule has 63 heavy (non-hydrogen) atoms. The van der Waals surface area contributed by atoms with E-state index in [0.717, 1.165) is 24.2 Å². The Morgan fingerprint density at radius 3 is 1.48 bits per heavy atom. The molecule has 4 bridgehead atoms. The summed E-state index contributed by atoms with van der Waals surface area (Å²) in [5, 5.41) is 0. The molecule has 0 nitrogen and oxygen atoms in total. The van der Waals surface area contributed by atoms with E-state index < -0.39 is 18.3 Å². The van der Waals surface area contributed by atoms with Gasteiger partial charge in [0.1, 0.15) is 0 Å². The van der Waals surface area contributed by atoms with Gasteiger partial charge in [-0.1, -0.05) is 0 Å². The molecule has 4 aromatic rings. The molecule has 0 amide bonds. The molecule has 4 saturated carbocycles. The molecule has 0 saturated heterocycles. The minimum atomic E-state index is -5.32. The molecule has 0 aliphatic heterocycles. The van der Waals surface area contributed by atoms with Crippen molar-refractivity contribution in [2.45, 2.75) is 170 Å². The van der Waals surface area contributed by atoms with Gasteiger partial charge in [-0.25, -0.2) is 0 Å². The van der Waals surface area contributed by atoms with Crippen molar-refractivity contribution in [1.29, 1.82) is 0 Å². The molecule has 0 spiro atoms. The van der Waals surface area contributed by atoms with Crippen LogP contribution in [0.2, 0.25) is 0 Å². The molecule has 0 heterocycles. The number of halogens is 2. The number of hydrogen-bond donors (Lipinski definition) is 0. The Morgan fingerprint density at radius 2 is 1.03 bits per heavy atom. The summed E-state index contributed by atoms with van der Waals surface area (Å²) in [6, 6.07) is 32.8. The van der Waals surface area contributed by atoms with E-state index in [1.54, 1.807) is 23.3 Å². The Labute approximate surface area is 397 Å². The monoisotopic (exact) mass is 960 g/mol. The van der Waals surface area contributed by atoms with Gasteiger partial charge in [-0.15, -0.1) is 24.8 Å². The van der Waals surface area contributed by atoms with Crippen LogP contribution in [0.25, 0.3) is 11.1 Å². The van der Waals surface area contributed by atoms with E-state index in [1.807, 2.05) is 0 Å². The van der Waals surface area contributed by atoms with E-state index in [0.29, 0.717) is 11.3 Å². The van der Waals surface area contributed by atoms with E-state index in [4.69, 9.17) is 4.21 Å². The second-order valence-corrected chi connectivity index (χ2v) is 38.3. The third-order valence-electron chi connectivity index (χ3n) is 17.2. The molecular weight excluding hydrogens is 883 g/mol. The Balaban J connectivity index is 0.00000298. The maximum absolute atomic E-state index is 6.23. The Hall–Kier alpha value is -2.31. The zero-order valence-corrected chi connectivity index (χ0v) is 45.7. The number of allylic oxidation sites excluding steroid dienone is 4. The molecule has 0 N–H and O–H groups in total. The van der Waals surface area contributed by atoms with Crippen molar-refractivity contribution in [3.05, 3.63) is 133 Å². The van der Waals surface area contributed by atoms with Gasteiger partial charge in [0.05, 0.1) is 0 Å². The van der Waals surface area contributed by atoms with Crippen LogP contribution in [0.3, 0.4) is 0 Å². The van der Waals surface area contributed by atoms with Crippen LogP contribution in [0.15, 0.2) is 99.4 Å². The molecule has 0 aromatic heterocycles. The maximum atomic E-state index is 6.23. The van der Waals surface area contributed by atoms with Crippen molar-refractivity contribution in [2.75, 3.05) is 0 Å². The van der Waals surface area contributed by atoms with E-state index in [1.165, 1.54) is 90.4 Å². The summed E-state index contributed by atoms with van der Waals surface area (Å²) in [6.07, 6.45) is 13.8. The molecule has 6 aliphatic rings.